The van der Waals surface area contributed by atoms with Gasteiger partial charge in [-0.15, -0.1) is 5.11 Å². The van der Waals surface area contributed by atoms with E-state index in [1.54, 1.807) is 60.7 Å². The number of urea groups is 2. The molecule has 0 fully saturated rings. The fraction of sp³-hybridized carbons (Fsp3) is 0.176. The first-order valence-corrected chi connectivity index (χ1v) is 15.3. The number of carbonyl (C=O) groups is 4. The van der Waals surface area contributed by atoms with Crippen LogP contribution in [0.4, 0.5) is 21.0 Å². The highest BCUT2D eigenvalue weighted by molar-refractivity contribution is 6.31. The summed E-state index contributed by atoms with van der Waals surface area (Å²) in [7, 11) is 0. The largest absolute Gasteiger partial charge is 0.480 e. The molecule has 4 amide bonds. The molecule has 0 spiro atoms. The van der Waals surface area contributed by atoms with Crippen LogP contribution in [0.2, 0.25) is 10.0 Å². The van der Waals surface area contributed by atoms with E-state index in [1.807, 2.05) is 50.2 Å². The van der Waals surface area contributed by atoms with Crippen molar-refractivity contribution in [1.82, 2.24) is 16.1 Å². The van der Waals surface area contributed by atoms with Crippen LogP contribution in [-0.2, 0) is 22.4 Å². The topological polar surface area (TPSA) is 182 Å². The number of aliphatic carboxylic acids is 2. The summed E-state index contributed by atoms with van der Waals surface area (Å²) in [4.78, 5) is 46.3. The third-order valence-corrected chi connectivity index (χ3v) is 7.48. The molecule has 14 heteroatoms. The monoisotopic (exact) mass is 692 g/mol. The molecule has 0 saturated heterocycles. The maximum atomic E-state index is 11.9. The molecular weight excluding hydrogens is 659 g/mol. The Labute approximate surface area is 287 Å². The van der Waals surface area contributed by atoms with Crippen LogP contribution in [0, 0.1) is 13.8 Å². The van der Waals surface area contributed by atoms with Crippen molar-refractivity contribution in [2.45, 2.75) is 38.8 Å². The van der Waals surface area contributed by atoms with Crippen molar-refractivity contribution >= 4 is 58.6 Å². The van der Waals surface area contributed by atoms with E-state index in [2.05, 4.69) is 31.7 Å². The van der Waals surface area contributed by atoms with Crippen molar-refractivity contribution in [2.75, 3.05) is 5.43 Å². The molecule has 250 valence electrons. The van der Waals surface area contributed by atoms with Crippen molar-refractivity contribution in [3.05, 3.63) is 129 Å². The zero-order chi connectivity index (χ0) is 35.1. The van der Waals surface area contributed by atoms with E-state index in [-0.39, 0.29) is 12.8 Å². The van der Waals surface area contributed by atoms with Crippen LogP contribution in [0.1, 0.15) is 22.3 Å². The third-order valence-electron chi connectivity index (χ3n) is 6.67. The Morgan fingerprint density at radius 1 is 0.688 bits per heavy atom. The van der Waals surface area contributed by atoms with E-state index in [1.165, 1.54) is 0 Å². The van der Waals surface area contributed by atoms with Gasteiger partial charge in [-0.1, -0.05) is 101 Å². The SMILES string of the molecule is Cc1ccc(N=NC(=O)NC(Cc2ccccc2)C(=O)O)cc1Cl.Cc1ccc(NNC(=O)NC(Cc2ccccc2)C(=O)O)cc1Cl. The van der Waals surface area contributed by atoms with Gasteiger partial charge in [-0.2, -0.15) is 0 Å². The molecule has 0 aliphatic rings. The van der Waals surface area contributed by atoms with Gasteiger partial charge in [0.25, 0.3) is 0 Å². The lowest BCUT2D eigenvalue weighted by Crippen LogP contribution is -2.48. The maximum Gasteiger partial charge on any atom is 0.360 e. The minimum absolute atomic E-state index is 0.161. The number of aryl methyl sites for hydroxylation is 2. The number of nitrogens with zero attached hydrogens (tertiary/aromatic N) is 2. The summed E-state index contributed by atoms with van der Waals surface area (Å²) in [5.41, 5.74) is 9.50. The van der Waals surface area contributed by atoms with Crippen LogP contribution in [0.5, 0.6) is 0 Å². The second kappa shape index (κ2) is 18.6. The highest BCUT2D eigenvalue weighted by Crippen LogP contribution is 2.22. The average molecular weight is 694 g/mol. The predicted molar refractivity (Wildman–Crippen MR) is 184 cm³/mol. The minimum atomic E-state index is -1.14. The highest BCUT2D eigenvalue weighted by Gasteiger charge is 2.21. The first-order chi connectivity index (χ1) is 22.9. The molecule has 4 aromatic carbocycles. The lowest BCUT2D eigenvalue weighted by molar-refractivity contribution is -0.140. The summed E-state index contributed by atoms with van der Waals surface area (Å²) in [6, 6.07) is 24.7. The van der Waals surface area contributed by atoms with Gasteiger partial charge in [0.1, 0.15) is 12.1 Å². The number of anilines is 1. The van der Waals surface area contributed by atoms with Crippen molar-refractivity contribution in [3.63, 3.8) is 0 Å². The van der Waals surface area contributed by atoms with Gasteiger partial charge < -0.3 is 20.8 Å². The van der Waals surface area contributed by atoms with E-state index in [0.29, 0.717) is 21.4 Å². The molecule has 4 aromatic rings. The number of carbonyl (C=O) groups excluding carboxylic acids is 2. The van der Waals surface area contributed by atoms with Crippen molar-refractivity contribution in [1.29, 1.82) is 0 Å². The molecule has 4 rings (SSSR count). The normalized spacial score (nSPS) is 11.8. The Morgan fingerprint density at radius 3 is 1.69 bits per heavy atom. The molecule has 2 unspecified atom stereocenters. The van der Waals surface area contributed by atoms with Gasteiger partial charge in [-0.3, -0.25) is 10.9 Å². The number of hydrogen-bond donors (Lipinski definition) is 6. The lowest BCUT2D eigenvalue weighted by Gasteiger charge is -2.16. The van der Waals surface area contributed by atoms with Crippen LogP contribution >= 0.6 is 23.2 Å². The molecule has 0 saturated carbocycles. The van der Waals surface area contributed by atoms with Crippen LogP contribution < -0.4 is 21.5 Å². The van der Waals surface area contributed by atoms with E-state index in [9.17, 15) is 29.4 Å². The number of carboxylic acids is 2. The van der Waals surface area contributed by atoms with Gasteiger partial charge in [-0.05, 0) is 60.4 Å². The molecule has 6 N–H and O–H groups in total. The standard InChI is InChI=1S/C17H18ClN3O3.C17H16ClN3O3/c2*1-11-7-8-13(10-14(11)18)20-21-17(24)19-15(16(22)23)9-12-5-3-2-4-6-12/h2-8,10,15,20H,9H2,1H3,(H,22,23)(H2,19,21,24);2-8,10,15H,9H2,1H3,(H,19,24)(H,22,23). The summed E-state index contributed by atoms with van der Waals surface area (Å²) < 4.78 is 0. The van der Waals surface area contributed by atoms with Gasteiger partial charge in [0, 0.05) is 22.9 Å². The molecule has 12 nitrogen and oxygen atoms in total. The van der Waals surface area contributed by atoms with Crippen molar-refractivity contribution < 1.29 is 29.4 Å². The Balaban J connectivity index is 0.000000260. The van der Waals surface area contributed by atoms with Crippen molar-refractivity contribution in [2.24, 2.45) is 10.2 Å². The molecule has 48 heavy (non-hydrogen) atoms. The minimum Gasteiger partial charge on any atom is -0.480 e. The number of rotatable bonds is 11. The molecule has 0 aliphatic carbocycles. The van der Waals surface area contributed by atoms with E-state index in [0.717, 1.165) is 22.3 Å². The summed E-state index contributed by atoms with van der Waals surface area (Å²) in [6.45, 7) is 3.71. The molecule has 0 heterocycles. The van der Waals surface area contributed by atoms with Crippen LogP contribution in [0.3, 0.4) is 0 Å². The number of amides is 4. The fourth-order valence-corrected chi connectivity index (χ4v) is 4.37. The maximum absolute atomic E-state index is 11.9. The van der Waals surface area contributed by atoms with Gasteiger partial charge in [0.2, 0.25) is 0 Å². The number of nitrogens with one attached hydrogen (secondary N) is 4. The van der Waals surface area contributed by atoms with Gasteiger partial charge >= 0.3 is 24.0 Å². The number of benzene rings is 4. The number of carboxylic acid groups (broad SMARTS) is 2. The lowest BCUT2D eigenvalue weighted by atomic mass is 10.1. The zero-order valence-corrected chi connectivity index (χ0v) is 27.5. The molecule has 0 aromatic heterocycles. The highest BCUT2D eigenvalue weighted by atomic mass is 35.5. The molecular formula is C34H34Cl2N6O6. The second-order valence-electron chi connectivity index (χ2n) is 10.4. The van der Waals surface area contributed by atoms with E-state index >= 15 is 0 Å². The predicted octanol–water partition coefficient (Wildman–Crippen LogP) is 7.11. The molecule has 0 aliphatic heterocycles. The first kappa shape index (κ1) is 37.0. The summed E-state index contributed by atoms with van der Waals surface area (Å²) in [5.74, 6) is -2.24. The first-order valence-electron chi connectivity index (χ1n) is 14.5. The molecule has 0 bridgehead atoms. The third kappa shape index (κ3) is 12.7. The summed E-state index contributed by atoms with van der Waals surface area (Å²) in [6.07, 6.45) is 0.355. The zero-order valence-electron chi connectivity index (χ0n) is 26.0. The van der Waals surface area contributed by atoms with Gasteiger partial charge in [0.05, 0.1) is 11.4 Å². The van der Waals surface area contributed by atoms with Crippen LogP contribution in [-0.4, -0.2) is 46.3 Å². The van der Waals surface area contributed by atoms with Crippen LogP contribution in [0.15, 0.2) is 107 Å². The quantitative estimate of drug-likeness (QED) is 0.0715. The number of azo groups is 1. The Morgan fingerprint density at radius 2 is 1.19 bits per heavy atom. The Kier molecular flexibility index (Phi) is 14.4. The number of hydrazine groups is 1. The average Bonchev–Trinajstić information content (AvgIpc) is 3.06. The summed E-state index contributed by atoms with van der Waals surface area (Å²) in [5, 5.41) is 31.6. The van der Waals surface area contributed by atoms with Crippen LogP contribution in [0.25, 0.3) is 0 Å². The fourth-order valence-electron chi connectivity index (χ4n) is 4.02. The Hall–Kier alpha value is -5.46. The summed E-state index contributed by atoms with van der Waals surface area (Å²) >= 11 is 12.0. The van der Waals surface area contributed by atoms with Crippen molar-refractivity contribution in [3.8, 4) is 0 Å². The number of halogens is 2. The second-order valence-corrected chi connectivity index (χ2v) is 11.2. The number of hydrogen-bond acceptors (Lipinski definition) is 6. The van der Waals surface area contributed by atoms with Gasteiger partial charge in [-0.25, -0.2) is 19.2 Å². The smallest absolute Gasteiger partial charge is 0.360 e. The van der Waals surface area contributed by atoms with E-state index in [4.69, 9.17) is 23.2 Å². The Bertz CT molecular complexity index is 1740. The van der Waals surface area contributed by atoms with Gasteiger partial charge in [0.15, 0.2) is 0 Å². The van der Waals surface area contributed by atoms with E-state index < -0.39 is 36.1 Å². The molecule has 0 radical (unpaired) electrons. The molecule has 2 atom stereocenters.